The molecule has 0 saturated heterocycles. The molecule has 1 aromatic carbocycles. The highest BCUT2D eigenvalue weighted by Gasteiger charge is 2.21. The predicted octanol–water partition coefficient (Wildman–Crippen LogP) is 1.81. The number of primary amides is 1. The molecule has 10 heteroatoms. The van der Waals surface area contributed by atoms with Gasteiger partial charge in [0, 0.05) is 17.0 Å². The molecule has 142 valence electrons. The number of benzene rings is 1. The molecular weight excluding hydrogens is 392 g/mol. The van der Waals surface area contributed by atoms with E-state index in [4.69, 9.17) is 32.9 Å². The Morgan fingerprint density at radius 1 is 1.37 bits per heavy atom. The van der Waals surface area contributed by atoms with Gasteiger partial charge in [-0.25, -0.2) is 0 Å². The molecule has 3 rings (SSSR count). The van der Waals surface area contributed by atoms with Gasteiger partial charge in [-0.3, -0.25) is 4.79 Å². The van der Waals surface area contributed by atoms with Crippen LogP contribution >= 0.6 is 22.9 Å². The first kappa shape index (κ1) is 19.3. The molecule has 2 aromatic heterocycles. The summed E-state index contributed by atoms with van der Waals surface area (Å²) in [4.78, 5) is 21.0. The third-order valence-electron chi connectivity index (χ3n) is 3.78. The molecule has 0 aliphatic carbocycles. The zero-order chi connectivity index (χ0) is 19.6. The fraction of sp³-hybridized carbons (Fsp3) is 0.235. The van der Waals surface area contributed by atoms with Crippen molar-refractivity contribution in [1.29, 1.82) is 0 Å². The number of ether oxygens (including phenoxy) is 1. The van der Waals surface area contributed by atoms with Crippen molar-refractivity contribution in [2.24, 2.45) is 5.73 Å². The Morgan fingerprint density at radius 2 is 2.15 bits per heavy atom. The fourth-order valence-electron chi connectivity index (χ4n) is 2.47. The molecule has 6 N–H and O–H groups in total. The van der Waals surface area contributed by atoms with E-state index in [0.717, 1.165) is 11.3 Å². The average molecular weight is 409 g/mol. The van der Waals surface area contributed by atoms with Crippen molar-refractivity contribution in [2.75, 3.05) is 18.9 Å². The summed E-state index contributed by atoms with van der Waals surface area (Å²) >= 11 is 7.14. The zero-order valence-electron chi connectivity index (χ0n) is 14.1. The topological polar surface area (TPSA) is 145 Å². The smallest absolute Gasteiger partial charge is 0.318 e. The first-order valence-electron chi connectivity index (χ1n) is 7.98. The summed E-state index contributed by atoms with van der Waals surface area (Å²) in [6.07, 6.45) is -0.677. The summed E-state index contributed by atoms with van der Waals surface area (Å²) in [6, 6.07) is 7.06. The predicted molar refractivity (Wildman–Crippen MR) is 104 cm³/mol. The van der Waals surface area contributed by atoms with E-state index in [9.17, 15) is 9.90 Å². The molecule has 0 fully saturated rings. The van der Waals surface area contributed by atoms with Crippen LogP contribution in [0.3, 0.4) is 0 Å². The van der Waals surface area contributed by atoms with Crippen LogP contribution < -0.4 is 16.2 Å². The molecule has 2 heterocycles. The number of anilines is 1. The molecule has 0 saturated carbocycles. The molecule has 3 aromatic rings. The van der Waals surface area contributed by atoms with Gasteiger partial charge < -0.3 is 26.4 Å². The van der Waals surface area contributed by atoms with Gasteiger partial charge in [0.25, 0.3) is 5.91 Å². The lowest BCUT2D eigenvalue weighted by Crippen LogP contribution is -2.16. The third kappa shape index (κ3) is 4.11. The van der Waals surface area contributed by atoms with Crippen LogP contribution in [-0.2, 0) is 0 Å². The SMILES string of the molecule is NC(=O)c1sc2nc(OCCC(O)CO)nc(-c3cccc(Cl)c3)c2c1N. The van der Waals surface area contributed by atoms with Gasteiger partial charge in [0.15, 0.2) is 0 Å². The Morgan fingerprint density at radius 3 is 2.81 bits per heavy atom. The largest absolute Gasteiger partial charge is 0.463 e. The van der Waals surface area contributed by atoms with Gasteiger partial charge in [-0.1, -0.05) is 23.7 Å². The van der Waals surface area contributed by atoms with Crippen molar-refractivity contribution in [3.05, 3.63) is 34.2 Å². The normalized spacial score (nSPS) is 12.3. The van der Waals surface area contributed by atoms with E-state index >= 15 is 0 Å². The second-order valence-electron chi connectivity index (χ2n) is 5.73. The lowest BCUT2D eigenvalue weighted by Gasteiger charge is -2.10. The van der Waals surface area contributed by atoms with Crippen LogP contribution in [0.25, 0.3) is 21.5 Å². The Bertz CT molecular complexity index is 994. The third-order valence-corrected chi connectivity index (χ3v) is 5.13. The quantitative estimate of drug-likeness (QED) is 0.466. The number of hydrogen-bond donors (Lipinski definition) is 4. The molecule has 0 radical (unpaired) electrons. The van der Waals surface area contributed by atoms with Crippen LogP contribution in [0.2, 0.25) is 5.02 Å². The maximum Gasteiger partial charge on any atom is 0.318 e. The molecular formula is C17H17ClN4O4S. The maximum absolute atomic E-state index is 11.7. The highest BCUT2D eigenvalue weighted by Crippen LogP contribution is 2.39. The van der Waals surface area contributed by atoms with Gasteiger partial charge in [-0.15, -0.1) is 11.3 Å². The van der Waals surface area contributed by atoms with Crippen LogP contribution in [0.4, 0.5) is 5.69 Å². The van der Waals surface area contributed by atoms with E-state index in [0.29, 0.717) is 26.5 Å². The molecule has 1 atom stereocenters. The monoisotopic (exact) mass is 408 g/mol. The Balaban J connectivity index is 2.10. The van der Waals surface area contributed by atoms with Gasteiger partial charge in [-0.2, -0.15) is 9.97 Å². The molecule has 0 aliphatic rings. The summed E-state index contributed by atoms with van der Waals surface area (Å²) in [7, 11) is 0. The number of carbonyl (C=O) groups excluding carboxylic acids is 1. The summed E-state index contributed by atoms with van der Waals surface area (Å²) in [6.45, 7) is -0.258. The molecule has 0 spiro atoms. The van der Waals surface area contributed by atoms with Crippen LogP contribution in [0, 0.1) is 0 Å². The van der Waals surface area contributed by atoms with E-state index in [1.165, 1.54) is 0 Å². The second kappa shape index (κ2) is 8.05. The van der Waals surface area contributed by atoms with Gasteiger partial charge in [0.2, 0.25) is 0 Å². The lowest BCUT2D eigenvalue weighted by atomic mass is 10.1. The van der Waals surface area contributed by atoms with Crippen molar-refractivity contribution in [3.8, 4) is 17.3 Å². The number of fused-ring (bicyclic) bond motifs is 1. The van der Waals surface area contributed by atoms with Crippen molar-refractivity contribution in [3.63, 3.8) is 0 Å². The molecule has 1 unspecified atom stereocenters. The van der Waals surface area contributed by atoms with Crippen LogP contribution in [-0.4, -0.2) is 45.4 Å². The van der Waals surface area contributed by atoms with Crippen molar-refractivity contribution in [2.45, 2.75) is 12.5 Å². The van der Waals surface area contributed by atoms with Crippen molar-refractivity contribution >= 4 is 44.7 Å². The number of rotatable bonds is 7. The number of nitrogen functional groups attached to an aromatic ring is 1. The summed E-state index contributed by atoms with van der Waals surface area (Å²) in [5.41, 5.74) is 12.9. The average Bonchev–Trinajstić information content (AvgIpc) is 2.98. The van der Waals surface area contributed by atoms with Crippen LogP contribution in [0.15, 0.2) is 24.3 Å². The number of thiophene rings is 1. The number of carbonyl (C=O) groups is 1. The number of hydrogen-bond acceptors (Lipinski definition) is 8. The number of nitrogens with two attached hydrogens (primary N) is 2. The number of amides is 1. The lowest BCUT2D eigenvalue weighted by molar-refractivity contribution is 0.0742. The minimum atomic E-state index is -0.889. The first-order chi connectivity index (χ1) is 12.9. The highest BCUT2D eigenvalue weighted by molar-refractivity contribution is 7.21. The zero-order valence-corrected chi connectivity index (χ0v) is 15.6. The van der Waals surface area contributed by atoms with Crippen LogP contribution in [0.1, 0.15) is 16.1 Å². The number of aliphatic hydroxyl groups excluding tert-OH is 2. The molecule has 0 aliphatic heterocycles. The van der Waals surface area contributed by atoms with Gasteiger partial charge >= 0.3 is 6.01 Å². The second-order valence-corrected chi connectivity index (χ2v) is 7.16. The van der Waals surface area contributed by atoms with E-state index in [1.807, 2.05) is 0 Å². The number of nitrogens with zero attached hydrogens (tertiary/aromatic N) is 2. The Hall–Kier alpha value is -2.46. The minimum Gasteiger partial charge on any atom is -0.463 e. The number of halogens is 1. The number of aromatic nitrogens is 2. The molecule has 8 nitrogen and oxygen atoms in total. The first-order valence-corrected chi connectivity index (χ1v) is 9.17. The Labute approximate surface area is 163 Å². The summed E-state index contributed by atoms with van der Waals surface area (Å²) in [5, 5.41) is 19.3. The number of aliphatic hydroxyl groups is 2. The van der Waals surface area contributed by atoms with Crippen molar-refractivity contribution < 1.29 is 19.7 Å². The Kier molecular flexibility index (Phi) is 5.76. The molecule has 1 amide bonds. The van der Waals surface area contributed by atoms with E-state index in [1.54, 1.807) is 24.3 Å². The standard InChI is InChI=1S/C17H17ClN4O4S/c18-9-3-1-2-8(6-9)13-11-12(19)14(15(20)25)27-16(11)22-17(21-13)26-5-4-10(24)7-23/h1-3,6,10,23-24H,4-5,7,19H2,(H2,20,25). The highest BCUT2D eigenvalue weighted by atomic mass is 35.5. The van der Waals surface area contributed by atoms with Gasteiger partial charge in [0.1, 0.15) is 9.71 Å². The van der Waals surface area contributed by atoms with Gasteiger partial charge in [-0.05, 0) is 12.1 Å². The van der Waals surface area contributed by atoms with Gasteiger partial charge in [0.05, 0.1) is 36.1 Å². The minimum absolute atomic E-state index is 0.0554. The fourth-order valence-corrected chi connectivity index (χ4v) is 3.60. The molecule has 0 bridgehead atoms. The molecule has 27 heavy (non-hydrogen) atoms. The van der Waals surface area contributed by atoms with Crippen molar-refractivity contribution in [1.82, 2.24) is 9.97 Å². The van der Waals surface area contributed by atoms with E-state index < -0.39 is 12.0 Å². The van der Waals surface area contributed by atoms with Crippen LogP contribution in [0.5, 0.6) is 6.01 Å². The summed E-state index contributed by atoms with van der Waals surface area (Å²) in [5.74, 6) is -0.652. The summed E-state index contributed by atoms with van der Waals surface area (Å²) < 4.78 is 5.51. The van der Waals surface area contributed by atoms with E-state index in [-0.39, 0.29) is 36.2 Å². The van der Waals surface area contributed by atoms with E-state index in [2.05, 4.69) is 9.97 Å². The maximum atomic E-state index is 11.7.